The Labute approximate surface area is 257 Å². The number of rotatable bonds is 11. The molecular weight excluding hydrogens is 556 g/mol. The van der Waals surface area contributed by atoms with E-state index < -0.39 is 11.9 Å². The molecule has 2 heterocycles. The Bertz CT molecular complexity index is 1590. The Morgan fingerprint density at radius 2 is 1.41 bits per heavy atom. The number of hydrogen-bond acceptors (Lipinski definition) is 6. The summed E-state index contributed by atoms with van der Waals surface area (Å²) in [5.74, 6) is -1.29. The summed E-state index contributed by atoms with van der Waals surface area (Å²) in [5.41, 5.74) is 5.30. The number of Topliss-reactive ketones (excluding diaryl/α,β-unsaturated/α-hetero) is 1. The van der Waals surface area contributed by atoms with Crippen LogP contribution in [0.5, 0.6) is 0 Å². The van der Waals surface area contributed by atoms with E-state index >= 15 is 0 Å². The van der Waals surface area contributed by atoms with Gasteiger partial charge in [0, 0.05) is 63.4 Å². The first-order valence-corrected chi connectivity index (χ1v) is 14.6. The van der Waals surface area contributed by atoms with Gasteiger partial charge in [-0.3, -0.25) is 14.6 Å². The molecule has 1 saturated heterocycles. The second-order valence-electron chi connectivity index (χ2n) is 10.6. The number of carbonyl (C=O) groups is 3. The maximum atomic E-state index is 12.8. The zero-order valence-corrected chi connectivity index (χ0v) is 24.9. The van der Waals surface area contributed by atoms with Crippen molar-refractivity contribution < 1.29 is 24.6 Å². The number of carboxylic acid groups (broad SMARTS) is 2. The standard InChI is InChI=1S/C31H34N4O.C4H4O4/c1-25-13-15-27(16-14-25)30(36)17-19-35-29-12-6-5-11-28(29)32-31(35)24-34-22-20-33(21-23-34)18-7-10-26-8-3-2-4-9-26;5-3(6)1-2-4(7)8/h2-16H,17-24H2,1H3;1-2H,(H,5,6)(H,7,8)/b10-7+;2-1-. The van der Waals surface area contributed by atoms with Gasteiger partial charge in [0.15, 0.2) is 5.78 Å². The topological polar surface area (TPSA) is 116 Å². The van der Waals surface area contributed by atoms with E-state index in [1.807, 2.05) is 49.4 Å². The summed E-state index contributed by atoms with van der Waals surface area (Å²) in [7, 11) is 0. The lowest BCUT2D eigenvalue weighted by Gasteiger charge is -2.34. The van der Waals surface area contributed by atoms with Gasteiger partial charge in [0.1, 0.15) is 5.82 Å². The van der Waals surface area contributed by atoms with Gasteiger partial charge >= 0.3 is 11.9 Å². The van der Waals surface area contributed by atoms with Crippen LogP contribution in [-0.2, 0) is 22.7 Å². The van der Waals surface area contributed by atoms with Crippen LogP contribution in [0, 0.1) is 6.92 Å². The second-order valence-corrected chi connectivity index (χ2v) is 10.6. The van der Waals surface area contributed by atoms with E-state index in [0.717, 1.165) is 61.7 Å². The zero-order chi connectivity index (χ0) is 31.3. The van der Waals surface area contributed by atoms with Gasteiger partial charge in [0.05, 0.1) is 17.6 Å². The van der Waals surface area contributed by atoms with Crippen LogP contribution in [0.4, 0.5) is 0 Å². The summed E-state index contributed by atoms with van der Waals surface area (Å²) in [6, 6.07) is 26.6. The molecule has 0 spiro atoms. The lowest BCUT2D eigenvalue weighted by molar-refractivity contribution is -0.134. The Morgan fingerprint density at radius 1 is 0.795 bits per heavy atom. The van der Waals surface area contributed by atoms with Crippen LogP contribution < -0.4 is 0 Å². The molecule has 1 fully saturated rings. The number of benzene rings is 3. The number of para-hydroxylation sites is 2. The summed E-state index contributed by atoms with van der Waals surface area (Å²) in [5, 5.41) is 15.6. The van der Waals surface area contributed by atoms with Gasteiger partial charge in [-0.05, 0) is 24.6 Å². The maximum absolute atomic E-state index is 12.8. The molecule has 9 heteroatoms. The van der Waals surface area contributed by atoms with E-state index in [0.29, 0.717) is 25.1 Å². The molecule has 44 heavy (non-hydrogen) atoms. The number of nitrogens with zero attached hydrogens (tertiary/aromatic N) is 4. The smallest absolute Gasteiger partial charge is 0.328 e. The van der Waals surface area contributed by atoms with Gasteiger partial charge in [0.25, 0.3) is 0 Å². The molecule has 5 rings (SSSR count). The number of carboxylic acids is 2. The summed E-state index contributed by atoms with van der Waals surface area (Å²) in [6.45, 7) is 8.60. The van der Waals surface area contributed by atoms with Crippen molar-refractivity contribution in [3.63, 3.8) is 0 Å². The van der Waals surface area contributed by atoms with E-state index in [9.17, 15) is 14.4 Å². The molecule has 9 nitrogen and oxygen atoms in total. The van der Waals surface area contributed by atoms with Crippen molar-refractivity contribution in [1.82, 2.24) is 19.4 Å². The minimum atomic E-state index is -1.26. The number of aliphatic carboxylic acids is 2. The number of fused-ring (bicyclic) bond motifs is 1. The first-order chi connectivity index (χ1) is 21.3. The summed E-state index contributed by atoms with van der Waals surface area (Å²) >= 11 is 0. The molecule has 3 aromatic carbocycles. The van der Waals surface area contributed by atoms with Crippen molar-refractivity contribution in [1.29, 1.82) is 0 Å². The lowest BCUT2D eigenvalue weighted by atomic mass is 10.1. The molecule has 228 valence electrons. The molecule has 4 aromatic rings. The predicted octanol–water partition coefficient (Wildman–Crippen LogP) is 5.16. The average molecular weight is 595 g/mol. The van der Waals surface area contributed by atoms with Crippen molar-refractivity contribution in [3.05, 3.63) is 120 Å². The van der Waals surface area contributed by atoms with Gasteiger partial charge in [-0.15, -0.1) is 0 Å². The average Bonchev–Trinajstić information content (AvgIpc) is 3.37. The fourth-order valence-corrected chi connectivity index (χ4v) is 4.97. The molecule has 0 unspecified atom stereocenters. The number of hydrogen-bond donors (Lipinski definition) is 2. The normalized spacial score (nSPS) is 14.1. The minimum Gasteiger partial charge on any atom is -0.478 e. The fourth-order valence-electron chi connectivity index (χ4n) is 4.97. The van der Waals surface area contributed by atoms with E-state index in [1.165, 1.54) is 11.1 Å². The molecule has 0 aliphatic carbocycles. The number of aromatic nitrogens is 2. The third-order valence-corrected chi connectivity index (χ3v) is 7.34. The van der Waals surface area contributed by atoms with Crippen LogP contribution in [-0.4, -0.2) is 80.0 Å². The van der Waals surface area contributed by atoms with E-state index in [2.05, 4.69) is 62.9 Å². The van der Waals surface area contributed by atoms with Crippen LogP contribution in [0.3, 0.4) is 0 Å². The molecule has 0 saturated carbocycles. The number of ketones is 1. The quantitative estimate of drug-likeness (QED) is 0.181. The van der Waals surface area contributed by atoms with Gasteiger partial charge in [-0.2, -0.15) is 0 Å². The largest absolute Gasteiger partial charge is 0.478 e. The molecule has 0 amide bonds. The van der Waals surface area contributed by atoms with Crippen LogP contribution in [0.15, 0.2) is 97.1 Å². The molecule has 1 aliphatic heterocycles. The highest BCUT2D eigenvalue weighted by atomic mass is 16.4. The van der Waals surface area contributed by atoms with Crippen LogP contribution in [0.1, 0.15) is 33.7 Å². The van der Waals surface area contributed by atoms with Gasteiger partial charge in [-0.1, -0.05) is 84.4 Å². The van der Waals surface area contributed by atoms with Crippen molar-refractivity contribution in [3.8, 4) is 0 Å². The van der Waals surface area contributed by atoms with E-state index in [1.54, 1.807) is 0 Å². The zero-order valence-electron chi connectivity index (χ0n) is 24.9. The first-order valence-electron chi connectivity index (χ1n) is 14.6. The summed E-state index contributed by atoms with van der Waals surface area (Å²) < 4.78 is 2.25. The van der Waals surface area contributed by atoms with Crippen molar-refractivity contribution in [2.24, 2.45) is 0 Å². The maximum Gasteiger partial charge on any atom is 0.328 e. The lowest BCUT2D eigenvalue weighted by Crippen LogP contribution is -2.46. The minimum absolute atomic E-state index is 0.177. The van der Waals surface area contributed by atoms with Gasteiger partial charge in [-0.25, -0.2) is 14.6 Å². The number of aryl methyl sites for hydroxylation is 2. The Balaban J connectivity index is 0.000000488. The molecule has 0 atom stereocenters. The molecule has 0 bridgehead atoms. The van der Waals surface area contributed by atoms with Crippen LogP contribution in [0.2, 0.25) is 0 Å². The van der Waals surface area contributed by atoms with Crippen molar-refractivity contribution in [2.45, 2.75) is 26.4 Å². The van der Waals surface area contributed by atoms with Crippen LogP contribution in [0.25, 0.3) is 17.1 Å². The highest BCUT2D eigenvalue weighted by Gasteiger charge is 2.20. The van der Waals surface area contributed by atoms with Crippen LogP contribution >= 0.6 is 0 Å². The first kappa shape index (κ1) is 32.1. The highest BCUT2D eigenvalue weighted by molar-refractivity contribution is 5.96. The molecule has 2 N–H and O–H groups in total. The summed E-state index contributed by atoms with van der Waals surface area (Å²) in [4.78, 5) is 41.9. The third-order valence-electron chi connectivity index (χ3n) is 7.34. The Morgan fingerprint density at radius 3 is 2.07 bits per heavy atom. The third kappa shape index (κ3) is 9.86. The number of piperazine rings is 1. The van der Waals surface area contributed by atoms with E-state index in [-0.39, 0.29) is 5.78 Å². The van der Waals surface area contributed by atoms with Crippen molar-refractivity contribution in [2.75, 3.05) is 32.7 Å². The predicted molar refractivity (Wildman–Crippen MR) is 171 cm³/mol. The van der Waals surface area contributed by atoms with Gasteiger partial charge in [0.2, 0.25) is 0 Å². The monoisotopic (exact) mass is 594 g/mol. The SMILES string of the molecule is Cc1ccc(C(=O)CCn2c(CN3CCN(C/C=C/c4ccccc4)CC3)nc3ccccc32)cc1.O=C(O)/C=C\C(=O)O. The molecular formula is C35H38N4O5. The van der Waals surface area contributed by atoms with E-state index in [4.69, 9.17) is 15.2 Å². The second kappa shape index (κ2) is 16.1. The van der Waals surface area contributed by atoms with Gasteiger partial charge < -0.3 is 14.8 Å². The Kier molecular flexibility index (Phi) is 11.7. The Hall–Kier alpha value is -4.86. The fraction of sp³-hybridized carbons (Fsp3) is 0.257. The highest BCUT2D eigenvalue weighted by Crippen LogP contribution is 2.19. The summed E-state index contributed by atoms with van der Waals surface area (Å²) in [6.07, 6.45) is 6.05. The van der Waals surface area contributed by atoms with Crippen molar-refractivity contribution >= 4 is 34.8 Å². The number of carbonyl (C=O) groups excluding carboxylic acids is 1. The number of imidazole rings is 1. The molecule has 0 radical (unpaired) electrons. The molecule has 1 aliphatic rings. The molecule has 1 aromatic heterocycles.